The lowest BCUT2D eigenvalue weighted by Gasteiger charge is -2.22. The van der Waals surface area contributed by atoms with Crippen LogP contribution in [-0.4, -0.2) is 50.6 Å². The monoisotopic (exact) mass is 380 g/mol. The van der Waals surface area contributed by atoms with Crippen molar-refractivity contribution in [1.29, 1.82) is 0 Å². The summed E-state index contributed by atoms with van der Waals surface area (Å²) in [5.74, 6) is 0.00864. The number of rotatable bonds is 5. The molecule has 1 unspecified atom stereocenters. The Labute approximate surface area is 157 Å². The molecule has 1 saturated heterocycles. The third kappa shape index (κ3) is 4.24. The zero-order valence-corrected chi connectivity index (χ0v) is 16.1. The number of fused-ring (bicyclic) bond motifs is 1. The number of amides is 2. The van der Waals surface area contributed by atoms with Gasteiger partial charge in [-0.25, -0.2) is 4.79 Å². The standard InChI is InChI=1S/C18H25N3O4S/c1-3-25-18(24)16-12-5-4-11(2)8-13(12)26-17(16)20-15(23)10-21-7-6-19-14(22)9-21/h11H,3-10H2,1-2H3,(H,19,22)(H,20,23)/p+1/t11-/m0/s1. The SMILES string of the molecule is CCOC(=O)c1c(NC(=O)C[NH+]2CCNC(=O)C2)sc2c1CC[C@H](C)C2. The van der Waals surface area contributed by atoms with Crippen molar-refractivity contribution < 1.29 is 24.0 Å². The highest BCUT2D eigenvalue weighted by Gasteiger charge is 2.30. The molecule has 2 amide bonds. The van der Waals surface area contributed by atoms with Crippen LogP contribution in [0, 0.1) is 5.92 Å². The Kier molecular flexibility index (Phi) is 5.93. The number of carbonyl (C=O) groups excluding carboxylic acids is 3. The highest BCUT2D eigenvalue weighted by molar-refractivity contribution is 7.17. The molecule has 3 N–H and O–H groups in total. The van der Waals surface area contributed by atoms with Crippen LogP contribution in [0.15, 0.2) is 0 Å². The molecule has 0 saturated carbocycles. The predicted molar refractivity (Wildman–Crippen MR) is 98.7 cm³/mol. The van der Waals surface area contributed by atoms with Crippen LogP contribution >= 0.6 is 11.3 Å². The van der Waals surface area contributed by atoms with Crippen LogP contribution in [0.2, 0.25) is 0 Å². The first-order valence-electron chi connectivity index (χ1n) is 9.19. The summed E-state index contributed by atoms with van der Waals surface area (Å²) in [5, 5.41) is 6.26. The van der Waals surface area contributed by atoms with Gasteiger partial charge >= 0.3 is 5.97 Å². The molecule has 0 aromatic carbocycles. The number of carbonyl (C=O) groups is 3. The van der Waals surface area contributed by atoms with E-state index in [4.69, 9.17) is 4.74 Å². The Bertz CT molecular complexity index is 716. The lowest BCUT2D eigenvalue weighted by molar-refractivity contribution is -0.885. The van der Waals surface area contributed by atoms with Crippen LogP contribution in [0.4, 0.5) is 5.00 Å². The third-order valence-electron chi connectivity index (χ3n) is 4.87. The Hall–Kier alpha value is -1.93. The second kappa shape index (κ2) is 8.18. The first-order valence-corrected chi connectivity index (χ1v) is 10.0. The zero-order chi connectivity index (χ0) is 18.7. The van der Waals surface area contributed by atoms with Gasteiger partial charge in [-0.1, -0.05) is 6.92 Å². The van der Waals surface area contributed by atoms with Crippen molar-refractivity contribution in [2.75, 3.05) is 38.1 Å². The number of nitrogens with one attached hydrogen (secondary N) is 3. The molecule has 1 fully saturated rings. The van der Waals surface area contributed by atoms with E-state index in [1.54, 1.807) is 6.92 Å². The Morgan fingerprint density at radius 3 is 2.96 bits per heavy atom. The summed E-state index contributed by atoms with van der Waals surface area (Å²) in [6, 6.07) is 0. The maximum atomic E-state index is 12.5. The fourth-order valence-corrected chi connectivity index (χ4v) is 4.98. The minimum atomic E-state index is -0.362. The summed E-state index contributed by atoms with van der Waals surface area (Å²) in [5.41, 5.74) is 1.56. The normalized spacial score (nSPS) is 22.3. The molecule has 26 heavy (non-hydrogen) atoms. The van der Waals surface area contributed by atoms with Gasteiger partial charge in [0.1, 0.15) is 5.00 Å². The molecule has 7 nitrogen and oxygen atoms in total. The first-order chi connectivity index (χ1) is 12.5. The number of hydrogen-bond donors (Lipinski definition) is 3. The number of ether oxygens (including phenoxy) is 1. The third-order valence-corrected chi connectivity index (χ3v) is 6.04. The molecule has 142 valence electrons. The van der Waals surface area contributed by atoms with Gasteiger partial charge in [0.2, 0.25) is 0 Å². The molecule has 0 spiro atoms. The van der Waals surface area contributed by atoms with Crippen molar-refractivity contribution in [1.82, 2.24) is 5.32 Å². The van der Waals surface area contributed by atoms with Gasteiger partial charge < -0.3 is 20.3 Å². The largest absolute Gasteiger partial charge is 0.462 e. The Balaban J connectivity index is 1.76. The summed E-state index contributed by atoms with van der Waals surface area (Å²) in [4.78, 5) is 38.5. The van der Waals surface area contributed by atoms with Gasteiger partial charge in [0.05, 0.1) is 25.3 Å². The summed E-state index contributed by atoms with van der Waals surface area (Å²) < 4.78 is 5.22. The maximum Gasteiger partial charge on any atom is 0.341 e. The lowest BCUT2D eigenvalue weighted by atomic mass is 9.88. The van der Waals surface area contributed by atoms with Crippen LogP contribution in [0.3, 0.4) is 0 Å². The van der Waals surface area contributed by atoms with E-state index in [1.807, 2.05) is 0 Å². The number of esters is 1. The molecule has 1 aromatic heterocycles. The van der Waals surface area contributed by atoms with E-state index in [0.717, 1.165) is 36.3 Å². The van der Waals surface area contributed by atoms with E-state index >= 15 is 0 Å². The van der Waals surface area contributed by atoms with Crippen molar-refractivity contribution in [3.63, 3.8) is 0 Å². The van der Waals surface area contributed by atoms with Gasteiger partial charge in [0, 0.05) is 4.88 Å². The van der Waals surface area contributed by atoms with Gasteiger partial charge in [-0.05, 0) is 37.7 Å². The molecule has 2 atom stereocenters. The number of anilines is 1. The van der Waals surface area contributed by atoms with Crippen molar-refractivity contribution >= 4 is 34.1 Å². The number of quaternary nitrogens is 1. The Morgan fingerprint density at radius 2 is 2.23 bits per heavy atom. The van der Waals surface area contributed by atoms with Crippen LogP contribution in [0.1, 0.15) is 41.1 Å². The van der Waals surface area contributed by atoms with E-state index in [2.05, 4.69) is 17.6 Å². The molecule has 1 aliphatic heterocycles. The highest BCUT2D eigenvalue weighted by Crippen LogP contribution is 2.40. The van der Waals surface area contributed by atoms with Crippen molar-refractivity contribution in [3.05, 3.63) is 16.0 Å². The van der Waals surface area contributed by atoms with Crippen LogP contribution < -0.4 is 15.5 Å². The summed E-state index contributed by atoms with van der Waals surface area (Å²) in [7, 11) is 0. The average Bonchev–Trinajstić information content (AvgIpc) is 2.91. The Morgan fingerprint density at radius 1 is 1.42 bits per heavy atom. The average molecular weight is 380 g/mol. The molecule has 0 bridgehead atoms. The van der Waals surface area contributed by atoms with Crippen LogP contribution in [0.5, 0.6) is 0 Å². The van der Waals surface area contributed by atoms with Crippen LogP contribution in [-0.2, 0) is 27.2 Å². The quantitative estimate of drug-likeness (QED) is 0.628. The van der Waals surface area contributed by atoms with E-state index in [-0.39, 0.29) is 24.3 Å². The molecular weight excluding hydrogens is 354 g/mol. The molecule has 1 aromatic rings. The summed E-state index contributed by atoms with van der Waals surface area (Å²) >= 11 is 1.49. The highest BCUT2D eigenvalue weighted by atomic mass is 32.1. The van der Waals surface area contributed by atoms with Gasteiger partial charge in [-0.15, -0.1) is 11.3 Å². The smallest absolute Gasteiger partial charge is 0.341 e. The van der Waals surface area contributed by atoms with Gasteiger partial charge in [0.15, 0.2) is 13.1 Å². The lowest BCUT2D eigenvalue weighted by Crippen LogP contribution is -3.16. The molecule has 2 aliphatic rings. The molecular formula is C18H26N3O4S+. The van der Waals surface area contributed by atoms with E-state index in [9.17, 15) is 14.4 Å². The van der Waals surface area contributed by atoms with Gasteiger partial charge in [-0.3, -0.25) is 9.59 Å². The predicted octanol–water partition coefficient (Wildman–Crippen LogP) is 0.00280. The van der Waals surface area contributed by atoms with Crippen molar-refractivity contribution in [2.24, 2.45) is 5.92 Å². The van der Waals surface area contributed by atoms with E-state index in [0.29, 0.717) is 36.2 Å². The van der Waals surface area contributed by atoms with Gasteiger partial charge in [0.25, 0.3) is 11.8 Å². The van der Waals surface area contributed by atoms with E-state index in [1.165, 1.54) is 16.2 Å². The second-order valence-corrected chi connectivity index (χ2v) is 8.13. The summed E-state index contributed by atoms with van der Waals surface area (Å²) in [6.45, 7) is 6.12. The number of hydrogen-bond acceptors (Lipinski definition) is 5. The molecule has 2 heterocycles. The minimum Gasteiger partial charge on any atom is -0.462 e. The topological polar surface area (TPSA) is 88.9 Å². The summed E-state index contributed by atoms with van der Waals surface area (Å²) in [6.07, 6.45) is 2.81. The van der Waals surface area contributed by atoms with E-state index < -0.39 is 0 Å². The molecule has 1 aliphatic carbocycles. The maximum absolute atomic E-state index is 12.5. The first kappa shape index (κ1) is 18.8. The molecule has 8 heteroatoms. The van der Waals surface area contributed by atoms with Crippen molar-refractivity contribution in [2.45, 2.75) is 33.1 Å². The minimum absolute atomic E-state index is 0.0353. The van der Waals surface area contributed by atoms with Gasteiger partial charge in [-0.2, -0.15) is 0 Å². The number of piperazine rings is 1. The molecule has 0 radical (unpaired) electrons. The fraction of sp³-hybridized carbons (Fsp3) is 0.611. The van der Waals surface area contributed by atoms with Crippen molar-refractivity contribution in [3.8, 4) is 0 Å². The zero-order valence-electron chi connectivity index (χ0n) is 15.3. The molecule has 3 rings (SSSR count). The number of thiophene rings is 1. The van der Waals surface area contributed by atoms with Crippen LogP contribution in [0.25, 0.3) is 0 Å². The second-order valence-electron chi connectivity index (χ2n) is 7.03. The fourth-order valence-electron chi connectivity index (χ4n) is 3.56.